The van der Waals surface area contributed by atoms with Gasteiger partial charge in [0.15, 0.2) is 0 Å². The minimum atomic E-state index is -1.07. The quantitative estimate of drug-likeness (QED) is 0.818. The largest absolute Gasteiger partial charge is 0.497 e. The Balaban J connectivity index is 2.48. The molecule has 1 aliphatic rings. The summed E-state index contributed by atoms with van der Waals surface area (Å²) in [5.41, 5.74) is 0.440. The number of aromatic carboxylic acids is 1. The first-order chi connectivity index (χ1) is 8.13. The molecule has 1 heterocycles. The zero-order chi connectivity index (χ0) is 12.4. The van der Waals surface area contributed by atoms with Gasteiger partial charge in [-0.05, 0) is 12.1 Å². The average Bonchev–Trinajstić information content (AvgIpc) is 2.74. The molecule has 0 saturated carbocycles. The molecule has 6 nitrogen and oxygen atoms in total. The molecule has 0 atom stereocenters. The van der Waals surface area contributed by atoms with Crippen molar-refractivity contribution in [2.45, 2.75) is 0 Å². The standard InChI is InChI=1S/C11H12N2O4/c1-17-7-2-3-8(10(14)15)9(6-7)13-5-4-12-11(13)16/h2-3,6H,4-5H2,1H3,(H,12,16)(H,14,15). The number of rotatable bonds is 3. The predicted molar refractivity (Wildman–Crippen MR) is 60.7 cm³/mol. The van der Waals surface area contributed by atoms with Gasteiger partial charge in [0.2, 0.25) is 0 Å². The zero-order valence-corrected chi connectivity index (χ0v) is 9.27. The molecule has 0 unspecified atom stereocenters. The number of hydrogen-bond acceptors (Lipinski definition) is 3. The van der Waals surface area contributed by atoms with Gasteiger partial charge in [-0.15, -0.1) is 0 Å². The summed E-state index contributed by atoms with van der Waals surface area (Å²) in [6.45, 7) is 0.960. The van der Waals surface area contributed by atoms with Gasteiger partial charge in [-0.25, -0.2) is 9.59 Å². The fraction of sp³-hybridized carbons (Fsp3) is 0.273. The minimum Gasteiger partial charge on any atom is -0.497 e. The highest BCUT2D eigenvalue weighted by Crippen LogP contribution is 2.27. The van der Waals surface area contributed by atoms with Crippen LogP contribution in [0.2, 0.25) is 0 Å². The van der Waals surface area contributed by atoms with Gasteiger partial charge in [-0.1, -0.05) is 0 Å². The lowest BCUT2D eigenvalue weighted by molar-refractivity contribution is 0.0697. The van der Waals surface area contributed by atoms with E-state index in [0.717, 1.165) is 0 Å². The Bertz CT molecular complexity index is 473. The first-order valence-electron chi connectivity index (χ1n) is 5.10. The van der Waals surface area contributed by atoms with Crippen molar-refractivity contribution < 1.29 is 19.4 Å². The average molecular weight is 236 g/mol. The van der Waals surface area contributed by atoms with E-state index in [1.54, 1.807) is 12.1 Å². The second-order valence-electron chi connectivity index (χ2n) is 3.57. The van der Waals surface area contributed by atoms with Gasteiger partial charge in [0.25, 0.3) is 0 Å². The molecule has 1 fully saturated rings. The van der Waals surface area contributed by atoms with Crippen LogP contribution in [0.1, 0.15) is 10.4 Å². The second kappa shape index (κ2) is 4.32. The lowest BCUT2D eigenvalue weighted by Crippen LogP contribution is -2.29. The van der Waals surface area contributed by atoms with Crippen LogP contribution in [0.25, 0.3) is 0 Å². The SMILES string of the molecule is COc1ccc(C(=O)O)c(N2CCNC2=O)c1. The molecule has 2 amide bonds. The van der Waals surface area contributed by atoms with Crippen molar-refractivity contribution in [2.75, 3.05) is 25.1 Å². The molecule has 6 heteroatoms. The van der Waals surface area contributed by atoms with Gasteiger partial charge < -0.3 is 15.2 Å². The molecule has 0 spiro atoms. The number of hydrogen-bond donors (Lipinski definition) is 2. The molecule has 1 aromatic rings. The lowest BCUT2D eigenvalue weighted by atomic mass is 10.1. The molecule has 1 saturated heterocycles. The van der Waals surface area contributed by atoms with E-state index >= 15 is 0 Å². The fourth-order valence-corrected chi connectivity index (χ4v) is 1.74. The summed E-state index contributed by atoms with van der Waals surface area (Å²) in [5, 5.41) is 11.7. The number of amides is 2. The van der Waals surface area contributed by atoms with Gasteiger partial charge in [0.05, 0.1) is 18.4 Å². The Hall–Kier alpha value is -2.24. The number of carbonyl (C=O) groups excluding carboxylic acids is 1. The molecule has 0 aromatic heterocycles. The van der Waals surface area contributed by atoms with Crippen molar-refractivity contribution in [1.29, 1.82) is 0 Å². The van der Waals surface area contributed by atoms with E-state index in [0.29, 0.717) is 24.5 Å². The van der Waals surface area contributed by atoms with Crippen LogP contribution in [-0.2, 0) is 0 Å². The van der Waals surface area contributed by atoms with Crippen molar-refractivity contribution in [2.24, 2.45) is 0 Å². The molecule has 2 rings (SSSR count). The maximum absolute atomic E-state index is 11.5. The van der Waals surface area contributed by atoms with Crippen LogP contribution in [-0.4, -0.2) is 37.3 Å². The summed E-state index contributed by atoms with van der Waals surface area (Å²) in [6.07, 6.45) is 0. The minimum absolute atomic E-state index is 0.0860. The highest BCUT2D eigenvalue weighted by atomic mass is 16.5. The van der Waals surface area contributed by atoms with E-state index in [1.165, 1.54) is 18.1 Å². The molecule has 90 valence electrons. The van der Waals surface area contributed by atoms with Crippen LogP contribution < -0.4 is 15.0 Å². The van der Waals surface area contributed by atoms with Crippen LogP contribution in [0.15, 0.2) is 18.2 Å². The maximum atomic E-state index is 11.5. The summed E-state index contributed by atoms with van der Waals surface area (Å²) in [6, 6.07) is 4.25. The summed E-state index contributed by atoms with van der Waals surface area (Å²) >= 11 is 0. The van der Waals surface area contributed by atoms with Crippen molar-refractivity contribution in [1.82, 2.24) is 5.32 Å². The van der Waals surface area contributed by atoms with E-state index in [4.69, 9.17) is 9.84 Å². The molecule has 0 bridgehead atoms. The number of benzene rings is 1. The Morgan fingerprint density at radius 1 is 1.53 bits per heavy atom. The molecular weight excluding hydrogens is 224 g/mol. The van der Waals surface area contributed by atoms with Gasteiger partial charge in [0.1, 0.15) is 5.75 Å². The number of nitrogens with zero attached hydrogens (tertiary/aromatic N) is 1. The smallest absolute Gasteiger partial charge is 0.337 e. The second-order valence-corrected chi connectivity index (χ2v) is 3.57. The first kappa shape index (κ1) is 11.3. The normalized spacial score (nSPS) is 14.6. The van der Waals surface area contributed by atoms with Crippen LogP contribution in [0.5, 0.6) is 5.75 Å². The van der Waals surface area contributed by atoms with Gasteiger partial charge in [-0.3, -0.25) is 4.90 Å². The third-order valence-electron chi connectivity index (χ3n) is 2.58. The van der Waals surface area contributed by atoms with Crippen molar-refractivity contribution in [3.8, 4) is 5.75 Å². The summed E-state index contributed by atoms with van der Waals surface area (Å²) in [5.74, 6) is -0.549. The third kappa shape index (κ3) is 2.01. The van der Waals surface area contributed by atoms with Crippen molar-refractivity contribution in [3.63, 3.8) is 0 Å². The van der Waals surface area contributed by atoms with Gasteiger partial charge in [0, 0.05) is 19.2 Å². The number of carbonyl (C=O) groups is 2. The fourth-order valence-electron chi connectivity index (χ4n) is 1.74. The van der Waals surface area contributed by atoms with E-state index in [1.807, 2.05) is 0 Å². The van der Waals surface area contributed by atoms with Crippen LogP contribution in [0, 0.1) is 0 Å². The Labute approximate surface area is 97.8 Å². The number of nitrogens with one attached hydrogen (secondary N) is 1. The van der Waals surface area contributed by atoms with Crippen molar-refractivity contribution in [3.05, 3.63) is 23.8 Å². The lowest BCUT2D eigenvalue weighted by Gasteiger charge is -2.17. The maximum Gasteiger partial charge on any atom is 0.337 e. The Kier molecular flexibility index (Phi) is 2.86. The summed E-state index contributed by atoms with van der Waals surface area (Å²) in [7, 11) is 1.49. The predicted octanol–water partition coefficient (Wildman–Crippen LogP) is 0.923. The van der Waals surface area contributed by atoms with Gasteiger partial charge >= 0.3 is 12.0 Å². The number of methoxy groups -OCH3 is 1. The molecule has 0 aliphatic carbocycles. The molecule has 2 N–H and O–H groups in total. The number of ether oxygens (including phenoxy) is 1. The first-order valence-corrected chi connectivity index (χ1v) is 5.10. The number of anilines is 1. The number of carboxylic acid groups (broad SMARTS) is 1. The zero-order valence-electron chi connectivity index (χ0n) is 9.27. The van der Waals surface area contributed by atoms with E-state index < -0.39 is 5.97 Å². The van der Waals surface area contributed by atoms with E-state index in [9.17, 15) is 9.59 Å². The van der Waals surface area contributed by atoms with Crippen LogP contribution in [0.4, 0.5) is 10.5 Å². The van der Waals surface area contributed by atoms with Gasteiger partial charge in [-0.2, -0.15) is 0 Å². The van der Waals surface area contributed by atoms with Crippen LogP contribution >= 0.6 is 0 Å². The van der Waals surface area contributed by atoms with Crippen LogP contribution in [0.3, 0.4) is 0 Å². The monoisotopic (exact) mass is 236 g/mol. The highest BCUT2D eigenvalue weighted by molar-refractivity contribution is 6.02. The Morgan fingerprint density at radius 2 is 2.29 bits per heavy atom. The topological polar surface area (TPSA) is 78.9 Å². The number of carboxylic acids is 1. The molecule has 1 aromatic carbocycles. The molecule has 0 radical (unpaired) electrons. The summed E-state index contributed by atoms with van der Waals surface area (Å²) in [4.78, 5) is 24.0. The highest BCUT2D eigenvalue weighted by Gasteiger charge is 2.25. The third-order valence-corrected chi connectivity index (χ3v) is 2.58. The Morgan fingerprint density at radius 3 is 2.82 bits per heavy atom. The molecular formula is C11H12N2O4. The summed E-state index contributed by atoms with van der Waals surface area (Å²) < 4.78 is 5.03. The molecule has 17 heavy (non-hydrogen) atoms. The van der Waals surface area contributed by atoms with E-state index in [2.05, 4.69) is 5.32 Å². The van der Waals surface area contributed by atoms with E-state index in [-0.39, 0.29) is 11.6 Å². The number of urea groups is 1. The van der Waals surface area contributed by atoms with Crippen molar-refractivity contribution >= 4 is 17.7 Å². The molecule has 1 aliphatic heterocycles.